The van der Waals surface area contributed by atoms with Crippen LogP contribution in [0.4, 0.5) is 5.69 Å². The largest absolute Gasteiger partial charge is 0.307 e. The summed E-state index contributed by atoms with van der Waals surface area (Å²) < 4.78 is 2.24. The molecule has 0 atom stereocenters. The molecule has 0 amide bonds. The molecule has 0 radical (unpaired) electrons. The van der Waals surface area contributed by atoms with Gasteiger partial charge in [0, 0.05) is 54.4 Å². The van der Waals surface area contributed by atoms with Crippen LogP contribution in [0, 0.1) is 11.3 Å². The first-order chi connectivity index (χ1) is 8.77. The average molecular weight is 372 g/mol. The van der Waals surface area contributed by atoms with E-state index < -0.39 is 0 Å². The molecule has 1 aromatic carbocycles. The summed E-state index contributed by atoms with van der Waals surface area (Å²) in [6.07, 6.45) is 0.826. The molecule has 1 heterocycles. The van der Waals surface area contributed by atoms with Gasteiger partial charge in [-0.1, -0.05) is 32.0 Å². The van der Waals surface area contributed by atoms with Crippen molar-refractivity contribution in [2.75, 3.05) is 10.8 Å². The number of hydrogen-bond donors (Lipinski definition) is 0. The first-order valence-corrected chi connectivity index (χ1v) is 9.35. The second-order valence-electron chi connectivity index (χ2n) is 3.65. The van der Waals surface area contributed by atoms with Gasteiger partial charge in [-0.15, -0.1) is 0 Å². The van der Waals surface area contributed by atoms with Gasteiger partial charge in [0.25, 0.3) is 0 Å². The van der Waals surface area contributed by atoms with Crippen molar-refractivity contribution in [1.82, 2.24) is 0 Å². The number of nitriles is 1. The summed E-state index contributed by atoms with van der Waals surface area (Å²) >= 11 is 2.29. The van der Waals surface area contributed by atoms with Crippen molar-refractivity contribution in [2.24, 2.45) is 0 Å². The van der Waals surface area contributed by atoms with Crippen LogP contribution < -0.4 is 4.31 Å². The van der Waals surface area contributed by atoms with E-state index in [1.54, 1.807) is 9.12 Å². The van der Waals surface area contributed by atoms with Gasteiger partial charge in [0.1, 0.15) is 0 Å². The quantitative estimate of drug-likeness (QED) is 0.500. The molecule has 1 aliphatic heterocycles. The first kappa shape index (κ1) is 15.4. The van der Waals surface area contributed by atoms with Crippen LogP contribution in [0.15, 0.2) is 29.8 Å². The fraction of sp³-hybridized carbons (Fsp3) is 0.357. The van der Waals surface area contributed by atoms with E-state index in [2.05, 4.69) is 43.7 Å². The number of fused-ring (bicyclic) bond motifs is 1. The zero-order valence-electron chi connectivity index (χ0n) is 10.9. The maximum Gasteiger partial charge on any atom is 0.0950 e. The van der Waals surface area contributed by atoms with Gasteiger partial charge < -0.3 is 4.31 Å². The molecule has 0 bridgehead atoms. The first-order valence-electron chi connectivity index (χ1n) is 6.03. The summed E-state index contributed by atoms with van der Waals surface area (Å²) in [5.41, 5.74) is 4.41. The molecular weight excluding hydrogens is 355 g/mol. The molecule has 1 aromatic rings. The van der Waals surface area contributed by atoms with Crippen molar-refractivity contribution < 1.29 is 0 Å². The van der Waals surface area contributed by atoms with Crippen molar-refractivity contribution in [3.8, 4) is 6.07 Å². The molecule has 2 rings (SSSR count). The second-order valence-corrected chi connectivity index (χ2v) is 5.41. The van der Waals surface area contributed by atoms with Crippen LogP contribution in [0.25, 0.3) is 5.57 Å². The summed E-state index contributed by atoms with van der Waals surface area (Å²) in [5, 5.41) is 9.14. The zero-order valence-corrected chi connectivity index (χ0v) is 13.9. The Labute approximate surface area is 126 Å². The molecule has 96 valence electrons. The van der Waals surface area contributed by atoms with Crippen LogP contribution in [0.2, 0.25) is 0 Å². The molecule has 1 aliphatic rings. The lowest BCUT2D eigenvalue weighted by atomic mass is 10.0. The Balaban J connectivity index is 0.000000771. The molecule has 0 saturated carbocycles. The summed E-state index contributed by atoms with van der Waals surface area (Å²) in [7, 11) is 1.68. The number of anilines is 1. The monoisotopic (exact) mass is 372 g/mol. The van der Waals surface area contributed by atoms with Gasteiger partial charge >= 0.3 is 0 Å². The Hall–Kier alpha value is -0.670. The molecule has 4 heteroatoms. The van der Waals surface area contributed by atoms with Gasteiger partial charge in [-0.05, 0) is 18.6 Å². The molecular formula is C14H17IN2S. The highest BCUT2D eigenvalue weighted by Crippen LogP contribution is 2.38. The predicted molar refractivity (Wildman–Crippen MR) is 89.6 cm³/mol. The Morgan fingerprint density at radius 1 is 1.33 bits per heavy atom. The summed E-state index contributed by atoms with van der Waals surface area (Å²) in [4.78, 5) is 0. The van der Waals surface area contributed by atoms with E-state index in [0.717, 1.165) is 24.1 Å². The minimum absolute atomic E-state index is 0.826. The van der Waals surface area contributed by atoms with E-state index in [0.29, 0.717) is 0 Å². The van der Waals surface area contributed by atoms with E-state index >= 15 is 0 Å². The molecule has 0 N–H and O–H groups in total. The van der Waals surface area contributed by atoms with Gasteiger partial charge in [-0.25, -0.2) is 0 Å². The van der Waals surface area contributed by atoms with Crippen LogP contribution in [0.5, 0.6) is 0 Å². The third kappa shape index (κ3) is 3.21. The molecule has 0 fully saturated rings. The van der Waals surface area contributed by atoms with Gasteiger partial charge in [0.15, 0.2) is 0 Å². The Bertz CT molecular complexity index is 477. The molecule has 0 spiro atoms. The number of benzene rings is 1. The van der Waals surface area contributed by atoms with Crippen LogP contribution in [-0.2, 0) is 0 Å². The topological polar surface area (TPSA) is 27.0 Å². The number of rotatable bonds is 1. The van der Waals surface area contributed by atoms with Gasteiger partial charge in [0.2, 0.25) is 0 Å². The maximum atomic E-state index is 9.14. The molecule has 0 unspecified atom stereocenters. The van der Waals surface area contributed by atoms with E-state index in [4.69, 9.17) is 5.26 Å². The maximum absolute atomic E-state index is 9.14. The van der Waals surface area contributed by atoms with Crippen molar-refractivity contribution in [2.45, 2.75) is 27.2 Å². The van der Waals surface area contributed by atoms with Crippen LogP contribution in [-0.4, -0.2) is 6.54 Å². The fourth-order valence-corrected chi connectivity index (χ4v) is 3.52. The summed E-state index contributed by atoms with van der Waals surface area (Å²) in [6.45, 7) is 6.93. The summed E-state index contributed by atoms with van der Waals surface area (Å²) in [6, 6.07) is 10.6. The van der Waals surface area contributed by atoms with Crippen LogP contribution >= 0.6 is 30.3 Å². The lowest BCUT2D eigenvalue weighted by molar-refractivity contribution is 0.987. The SMILES string of the molecule is CC.CC1=C(C#N)CCN(SI)c2ccccc21. The third-order valence-electron chi connectivity index (χ3n) is 2.81. The summed E-state index contributed by atoms with van der Waals surface area (Å²) in [5.74, 6) is 0. The Kier molecular flexibility index (Phi) is 6.58. The molecule has 2 nitrogen and oxygen atoms in total. The van der Waals surface area contributed by atoms with E-state index in [-0.39, 0.29) is 0 Å². The molecule has 0 saturated heterocycles. The molecule has 18 heavy (non-hydrogen) atoms. The number of para-hydroxylation sites is 1. The minimum Gasteiger partial charge on any atom is -0.307 e. The Morgan fingerprint density at radius 3 is 2.61 bits per heavy atom. The van der Waals surface area contributed by atoms with Crippen LogP contribution in [0.3, 0.4) is 0 Å². The van der Waals surface area contributed by atoms with Gasteiger partial charge in [-0.3, -0.25) is 0 Å². The number of nitrogens with zero attached hydrogens (tertiary/aromatic N) is 2. The predicted octanol–water partition coefficient (Wildman–Crippen LogP) is 5.22. The van der Waals surface area contributed by atoms with E-state index in [1.165, 1.54) is 11.3 Å². The second kappa shape index (κ2) is 7.70. The van der Waals surface area contributed by atoms with Crippen molar-refractivity contribution >= 4 is 41.6 Å². The average Bonchev–Trinajstić information content (AvgIpc) is 2.58. The van der Waals surface area contributed by atoms with Gasteiger partial charge in [-0.2, -0.15) is 5.26 Å². The van der Waals surface area contributed by atoms with Crippen molar-refractivity contribution in [1.29, 1.82) is 5.26 Å². The van der Waals surface area contributed by atoms with E-state index in [9.17, 15) is 0 Å². The number of hydrogen-bond acceptors (Lipinski definition) is 3. The highest BCUT2D eigenvalue weighted by atomic mass is 127. The van der Waals surface area contributed by atoms with Gasteiger partial charge in [0.05, 0.1) is 11.8 Å². The fourth-order valence-electron chi connectivity index (χ4n) is 1.90. The molecule has 0 aliphatic carbocycles. The smallest absolute Gasteiger partial charge is 0.0950 e. The normalized spacial score (nSPS) is 14.1. The molecule has 0 aromatic heterocycles. The van der Waals surface area contributed by atoms with Crippen LogP contribution in [0.1, 0.15) is 32.8 Å². The zero-order chi connectivity index (χ0) is 13.5. The van der Waals surface area contributed by atoms with Crippen molar-refractivity contribution in [3.63, 3.8) is 0 Å². The lowest BCUT2D eigenvalue weighted by Crippen LogP contribution is -2.13. The third-order valence-corrected chi connectivity index (χ3v) is 4.78. The standard InChI is InChI=1S/C12H11IN2S.C2H6/c1-9-10(8-14)6-7-15(16-13)12-5-3-2-4-11(9)12;1-2/h2-5H,6-7H2,1H3;1-2H3. The van der Waals surface area contributed by atoms with Crippen molar-refractivity contribution in [3.05, 3.63) is 35.4 Å². The highest BCUT2D eigenvalue weighted by Gasteiger charge is 2.18. The van der Waals surface area contributed by atoms with E-state index in [1.807, 2.05) is 32.9 Å². The lowest BCUT2D eigenvalue weighted by Gasteiger charge is -2.20. The Morgan fingerprint density at radius 2 is 2.00 bits per heavy atom. The number of allylic oxidation sites excluding steroid dienone is 1. The highest BCUT2D eigenvalue weighted by molar-refractivity contribution is 14.2. The minimum atomic E-state index is 0.826. The number of halogens is 1.